The number of hydrogen-bond donors (Lipinski definition) is 3. The minimum absolute atomic E-state index is 0.0676. The lowest BCUT2D eigenvalue weighted by Gasteiger charge is -2.18. The van der Waals surface area contributed by atoms with E-state index in [9.17, 15) is 9.90 Å². The quantitative estimate of drug-likeness (QED) is 0.251. The van der Waals surface area contributed by atoms with Gasteiger partial charge in [0, 0.05) is 30.3 Å². The van der Waals surface area contributed by atoms with Crippen molar-refractivity contribution in [3.05, 3.63) is 120 Å². The average molecular weight is 490 g/mol. The minimum Gasteiger partial charge on any atom is -0.507 e. The Balaban J connectivity index is 1.34. The Morgan fingerprint density at radius 3 is 2.24 bits per heavy atom. The predicted molar refractivity (Wildman–Crippen MR) is 146 cm³/mol. The third-order valence-corrected chi connectivity index (χ3v) is 6.16. The van der Waals surface area contributed by atoms with E-state index in [4.69, 9.17) is 4.98 Å². The first kappa shape index (κ1) is 23.8. The Morgan fingerprint density at radius 1 is 0.946 bits per heavy atom. The number of nitrogens with one attached hydrogen (secondary N) is 2. The van der Waals surface area contributed by atoms with Crippen molar-refractivity contribution < 1.29 is 9.90 Å². The summed E-state index contributed by atoms with van der Waals surface area (Å²) in [6.07, 6.45) is 3.39. The fraction of sp³-hybridized carbons (Fsp3) is 0.100. The molecule has 2 aromatic heterocycles. The summed E-state index contributed by atoms with van der Waals surface area (Å²) in [6, 6.07) is 28.4. The van der Waals surface area contributed by atoms with E-state index in [1.165, 1.54) is 0 Å². The Bertz CT molecular complexity index is 1490. The molecule has 7 nitrogen and oxygen atoms in total. The minimum atomic E-state index is -0.399. The molecule has 5 rings (SSSR count). The van der Waals surface area contributed by atoms with Gasteiger partial charge in [-0.05, 0) is 23.3 Å². The number of aromatic nitrogens is 3. The molecule has 184 valence electrons. The van der Waals surface area contributed by atoms with Crippen LogP contribution in [0.3, 0.4) is 0 Å². The van der Waals surface area contributed by atoms with Gasteiger partial charge in [-0.25, -0.2) is 4.98 Å². The highest BCUT2D eigenvalue weighted by Gasteiger charge is 2.22. The number of para-hydroxylation sites is 1. The highest BCUT2D eigenvalue weighted by atomic mass is 16.3. The van der Waals surface area contributed by atoms with E-state index in [1.807, 2.05) is 78.9 Å². The molecule has 0 radical (unpaired) electrons. The van der Waals surface area contributed by atoms with Gasteiger partial charge in [-0.1, -0.05) is 85.5 Å². The summed E-state index contributed by atoms with van der Waals surface area (Å²) >= 11 is 0. The average Bonchev–Trinajstić information content (AvgIpc) is 3.36. The lowest BCUT2D eigenvalue weighted by atomic mass is 9.90. The van der Waals surface area contributed by atoms with Crippen molar-refractivity contribution in [2.24, 2.45) is 0 Å². The molecule has 2 heterocycles. The topological polar surface area (TPSA) is 91.5 Å². The van der Waals surface area contributed by atoms with Gasteiger partial charge in [0.25, 0.3) is 0 Å². The molecule has 0 atom stereocenters. The summed E-state index contributed by atoms with van der Waals surface area (Å²) in [5, 5.41) is 21.2. The number of carbonyl (C=O) groups is 1. The number of amides is 1. The number of aromatic hydroxyl groups is 1. The predicted octanol–water partition coefficient (Wildman–Crippen LogP) is 5.11. The molecular formula is C30H27N5O2. The summed E-state index contributed by atoms with van der Waals surface area (Å²) in [5.41, 5.74) is 4.50. The lowest BCUT2D eigenvalue weighted by Crippen LogP contribution is -2.33. The van der Waals surface area contributed by atoms with E-state index in [0.29, 0.717) is 35.8 Å². The fourth-order valence-corrected chi connectivity index (χ4v) is 4.34. The van der Waals surface area contributed by atoms with Crippen LogP contribution >= 0.6 is 0 Å². The number of hydrogen-bond acceptors (Lipinski definition) is 5. The monoisotopic (exact) mass is 489 g/mol. The Kier molecular flexibility index (Phi) is 6.94. The van der Waals surface area contributed by atoms with E-state index < -0.39 is 5.92 Å². The molecule has 0 saturated heterocycles. The van der Waals surface area contributed by atoms with Crippen LogP contribution in [-0.2, 0) is 4.79 Å². The number of fused-ring (bicyclic) bond motifs is 1. The molecule has 0 saturated carbocycles. The molecule has 1 amide bonds. The molecule has 0 unspecified atom stereocenters. The highest BCUT2D eigenvalue weighted by Crippen LogP contribution is 2.30. The number of phenolic OH excluding ortho intramolecular Hbond substituents is 1. The Labute approximate surface area is 215 Å². The second-order valence-electron chi connectivity index (χ2n) is 8.56. The normalized spacial score (nSPS) is 10.9. The molecule has 0 aliphatic rings. The molecule has 5 aromatic rings. The van der Waals surface area contributed by atoms with Crippen molar-refractivity contribution in [3.8, 4) is 17.0 Å². The van der Waals surface area contributed by atoms with Gasteiger partial charge in [0.1, 0.15) is 11.6 Å². The molecule has 0 aliphatic carbocycles. The summed E-state index contributed by atoms with van der Waals surface area (Å²) in [5.74, 6) is 0.365. The first-order valence-corrected chi connectivity index (χ1v) is 12.1. The zero-order valence-electron chi connectivity index (χ0n) is 20.2. The van der Waals surface area contributed by atoms with E-state index >= 15 is 0 Å². The first-order chi connectivity index (χ1) is 18.2. The van der Waals surface area contributed by atoms with Crippen LogP contribution in [-0.4, -0.2) is 38.7 Å². The van der Waals surface area contributed by atoms with Gasteiger partial charge in [0.15, 0.2) is 5.65 Å². The summed E-state index contributed by atoms with van der Waals surface area (Å²) < 4.78 is 1.69. The van der Waals surface area contributed by atoms with Gasteiger partial charge >= 0.3 is 0 Å². The van der Waals surface area contributed by atoms with Crippen molar-refractivity contribution in [3.63, 3.8) is 0 Å². The molecule has 3 aromatic carbocycles. The molecule has 0 aliphatic heterocycles. The van der Waals surface area contributed by atoms with Gasteiger partial charge in [-0.15, -0.1) is 0 Å². The maximum Gasteiger partial charge on any atom is 0.232 e. The van der Waals surface area contributed by atoms with Crippen molar-refractivity contribution in [1.82, 2.24) is 19.9 Å². The van der Waals surface area contributed by atoms with Crippen LogP contribution in [0.2, 0.25) is 0 Å². The highest BCUT2D eigenvalue weighted by molar-refractivity contribution is 5.87. The molecule has 0 bridgehead atoms. The van der Waals surface area contributed by atoms with Gasteiger partial charge < -0.3 is 15.7 Å². The largest absolute Gasteiger partial charge is 0.507 e. The Hall–Kier alpha value is -4.91. The van der Waals surface area contributed by atoms with Crippen LogP contribution in [0.4, 0.5) is 5.82 Å². The molecule has 3 N–H and O–H groups in total. The number of nitrogens with zero attached hydrogens (tertiary/aromatic N) is 3. The molecule has 7 heteroatoms. The number of anilines is 1. The maximum absolute atomic E-state index is 13.3. The van der Waals surface area contributed by atoms with Crippen molar-refractivity contribution in [1.29, 1.82) is 0 Å². The van der Waals surface area contributed by atoms with Crippen molar-refractivity contribution in [2.45, 2.75) is 5.92 Å². The zero-order valence-corrected chi connectivity index (χ0v) is 20.2. The van der Waals surface area contributed by atoms with Gasteiger partial charge in [-0.2, -0.15) is 9.61 Å². The van der Waals surface area contributed by atoms with E-state index in [-0.39, 0.29) is 11.7 Å². The number of rotatable bonds is 9. The standard InChI is InChI=1S/C30H27N5O2/c1-2-21-20-33-35-27(19-25(34-29(21)35)24-15-9-10-16-26(24)36)31-17-18-32-30(37)28(22-11-5-3-6-12-22)23-13-7-4-8-14-23/h2-16,19-20,28,31,36H,1,17-18H2,(H,32,37). The lowest BCUT2D eigenvalue weighted by molar-refractivity contribution is -0.121. The van der Waals surface area contributed by atoms with Crippen LogP contribution in [0.15, 0.2) is 104 Å². The smallest absolute Gasteiger partial charge is 0.232 e. The second-order valence-corrected chi connectivity index (χ2v) is 8.56. The number of phenols is 1. The summed E-state index contributed by atoms with van der Waals surface area (Å²) in [4.78, 5) is 18.0. The van der Waals surface area contributed by atoms with E-state index in [1.54, 1.807) is 28.9 Å². The second kappa shape index (κ2) is 10.8. The third-order valence-electron chi connectivity index (χ3n) is 6.16. The van der Waals surface area contributed by atoms with Crippen LogP contribution in [0.25, 0.3) is 23.0 Å². The summed E-state index contributed by atoms with van der Waals surface area (Å²) in [6.45, 7) is 4.72. The van der Waals surface area contributed by atoms with Crippen molar-refractivity contribution in [2.75, 3.05) is 18.4 Å². The van der Waals surface area contributed by atoms with E-state index in [0.717, 1.165) is 16.7 Å². The number of benzene rings is 3. The van der Waals surface area contributed by atoms with Gasteiger partial charge in [0.2, 0.25) is 5.91 Å². The van der Waals surface area contributed by atoms with Gasteiger partial charge in [-0.3, -0.25) is 4.79 Å². The third kappa shape index (κ3) is 5.06. The maximum atomic E-state index is 13.3. The summed E-state index contributed by atoms with van der Waals surface area (Å²) in [7, 11) is 0. The Morgan fingerprint density at radius 2 is 1.59 bits per heavy atom. The molecule has 37 heavy (non-hydrogen) atoms. The zero-order chi connectivity index (χ0) is 25.6. The van der Waals surface area contributed by atoms with Crippen LogP contribution in [0, 0.1) is 0 Å². The van der Waals surface area contributed by atoms with Gasteiger partial charge in [0.05, 0.1) is 17.8 Å². The molecule has 0 fully saturated rings. The van der Waals surface area contributed by atoms with Crippen molar-refractivity contribution >= 4 is 23.4 Å². The van der Waals surface area contributed by atoms with Crippen LogP contribution in [0.5, 0.6) is 5.75 Å². The van der Waals surface area contributed by atoms with E-state index in [2.05, 4.69) is 22.3 Å². The number of carbonyl (C=O) groups excluding carboxylic acids is 1. The molecular weight excluding hydrogens is 462 g/mol. The fourth-order valence-electron chi connectivity index (χ4n) is 4.34. The first-order valence-electron chi connectivity index (χ1n) is 12.1. The SMILES string of the molecule is C=Cc1cnn2c(NCCNC(=O)C(c3ccccc3)c3ccccc3)cc(-c3ccccc3O)nc12. The van der Waals surface area contributed by atoms with Crippen LogP contribution in [0.1, 0.15) is 22.6 Å². The molecule has 0 spiro atoms. The van der Waals surface area contributed by atoms with Crippen LogP contribution < -0.4 is 10.6 Å².